The van der Waals surface area contributed by atoms with Crippen LogP contribution in [0, 0.1) is 5.92 Å². The van der Waals surface area contributed by atoms with Crippen molar-refractivity contribution < 1.29 is 27.9 Å². The molecule has 0 radical (unpaired) electrons. The summed E-state index contributed by atoms with van der Waals surface area (Å²) in [6, 6.07) is 5.92. The Morgan fingerprint density at radius 3 is 2.12 bits per heavy atom. The van der Waals surface area contributed by atoms with Gasteiger partial charge in [-0.25, -0.2) is 8.42 Å². The van der Waals surface area contributed by atoms with Crippen molar-refractivity contribution in [2.24, 2.45) is 5.92 Å². The highest BCUT2D eigenvalue weighted by Gasteiger charge is 2.29. The average molecular weight is 382 g/mol. The lowest BCUT2D eigenvalue weighted by Crippen LogP contribution is -2.41. The largest absolute Gasteiger partial charge is 0.481 e. The molecule has 2 heterocycles. The number of nitrogens with zero attached hydrogens (tertiary/aromatic N) is 2. The van der Waals surface area contributed by atoms with Gasteiger partial charge in [0, 0.05) is 31.7 Å². The van der Waals surface area contributed by atoms with Gasteiger partial charge in [0.25, 0.3) is 5.91 Å². The Labute approximate surface area is 152 Å². The summed E-state index contributed by atoms with van der Waals surface area (Å²) in [5, 5.41) is 9.02. The Kier molecular flexibility index (Phi) is 5.59. The first-order valence-corrected chi connectivity index (χ1v) is 10.0. The van der Waals surface area contributed by atoms with E-state index in [2.05, 4.69) is 0 Å². The van der Waals surface area contributed by atoms with Gasteiger partial charge in [-0.2, -0.15) is 4.31 Å². The molecule has 26 heavy (non-hydrogen) atoms. The molecule has 2 aliphatic heterocycles. The van der Waals surface area contributed by atoms with E-state index in [1.807, 2.05) is 0 Å². The molecule has 3 rings (SSSR count). The lowest BCUT2D eigenvalue weighted by atomic mass is 9.96. The molecule has 0 bridgehead atoms. The summed E-state index contributed by atoms with van der Waals surface area (Å²) in [6.07, 6.45) is 0.870. The minimum Gasteiger partial charge on any atom is -0.481 e. The monoisotopic (exact) mass is 382 g/mol. The number of carboxylic acids is 1. The molecule has 2 saturated heterocycles. The number of carbonyl (C=O) groups excluding carboxylic acids is 1. The number of ether oxygens (including phenoxy) is 1. The van der Waals surface area contributed by atoms with Gasteiger partial charge in [0.2, 0.25) is 10.0 Å². The van der Waals surface area contributed by atoms with E-state index in [9.17, 15) is 18.0 Å². The molecule has 1 aromatic carbocycles. The Morgan fingerprint density at radius 1 is 1.00 bits per heavy atom. The number of piperidine rings is 1. The van der Waals surface area contributed by atoms with E-state index in [1.165, 1.54) is 28.6 Å². The first-order chi connectivity index (χ1) is 12.4. The molecule has 1 amide bonds. The normalized spacial score (nSPS) is 20.1. The average Bonchev–Trinajstić information content (AvgIpc) is 2.68. The summed E-state index contributed by atoms with van der Waals surface area (Å²) in [6.45, 7) is 2.18. The summed E-state index contributed by atoms with van der Waals surface area (Å²) < 4.78 is 31.7. The van der Waals surface area contributed by atoms with Crippen molar-refractivity contribution in [1.82, 2.24) is 9.21 Å². The fraction of sp³-hybridized carbons (Fsp3) is 0.529. The highest BCUT2D eigenvalue weighted by molar-refractivity contribution is 7.89. The van der Waals surface area contributed by atoms with Crippen LogP contribution in [0.4, 0.5) is 0 Å². The zero-order chi connectivity index (χ0) is 18.7. The van der Waals surface area contributed by atoms with Gasteiger partial charge in [-0.3, -0.25) is 9.59 Å². The fourth-order valence-corrected chi connectivity index (χ4v) is 4.63. The van der Waals surface area contributed by atoms with Crippen LogP contribution in [0.15, 0.2) is 29.2 Å². The molecule has 0 aromatic heterocycles. The van der Waals surface area contributed by atoms with Crippen molar-refractivity contribution in [3.63, 3.8) is 0 Å². The van der Waals surface area contributed by atoms with Gasteiger partial charge >= 0.3 is 5.97 Å². The Morgan fingerprint density at radius 2 is 1.58 bits per heavy atom. The minimum absolute atomic E-state index is 0.153. The highest BCUT2D eigenvalue weighted by Crippen LogP contribution is 2.21. The van der Waals surface area contributed by atoms with E-state index in [0.29, 0.717) is 57.8 Å². The Hall–Kier alpha value is -1.97. The van der Waals surface area contributed by atoms with Crippen molar-refractivity contribution in [3.05, 3.63) is 29.8 Å². The zero-order valence-electron chi connectivity index (χ0n) is 14.3. The van der Waals surface area contributed by atoms with Crippen LogP contribution in [-0.4, -0.2) is 74.0 Å². The van der Waals surface area contributed by atoms with Crippen molar-refractivity contribution in [2.75, 3.05) is 39.4 Å². The van der Waals surface area contributed by atoms with E-state index in [-0.39, 0.29) is 10.8 Å². The molecule has 0 atom stereocenters. The summed E-state index contributed by atoms with van der Waals surface area (Å²) >= 11 is 0. The molecular weight excluding hydrogens is 360 g/mol. The minimum atomic E-state index is -3.58. The number of hydrogen-bond acceptors (Lipinski definition) is 5. The molecule has 0 unspecified atom stereocenters. The van der Waals surface area contributed by atoms with Crippen LogP contribution < -0.4 is 0 Å². The molecule has 9 heteroatoms. The number of benzene rings is 1. The second-order valence-electron chi connectivity index (χ2n) is 6.45. The molecule has 1 aromatic rings. The van der Waals surface area contributed by atoms with Crippen LogP contribution in [0.2, 0.25) is 0 Å². The van der Waals surface area contributed by atoms with Crippen LogP contribution in [0.1, 0.15) is 23.2 Å². The number of aliphatic carboxylic acids is 1. The molecule has 0 spiro atoms. The van der Waals surface area contributed by atoms with Gasteiger partial charge < -0.3 is 14.7 Å². The summed E-state index contributed by atoms with van der Waals surface area (Å²) in [5.41, 5.74) is 0.403. The quantitative estimate of drug-likeness (QED) is 0.820. The molecule has 0 aliphatic carbocycles. The summed E-state index contributed by atoms with van der Waals surface area (Å²) in [4.78, 5) is 25.3. The van der Waals surface area contributed by atoms with E-state index in [1.54, 1.807) is 4.90 Å². The van der Waals surface area contributed by atoms with Crippen LogP contribution >= 0.6 is 0 Å². The van der Waals surface area contributed by atoms with Gasteiger partial charge in [0.15, 0.2) is 0 Å². The number of morpholine rings is 1. The highest BCUT2D eigenvalue weighted by atomic mass is 32.2. The lowest BCUT2D eigenvalue weighted by Gasteiger charge is -2.30. The van der Waals surface area contributed by atoms with Crippen molar-refractivity contribution in [1.29, 1.82) is 0 Å². The van der Waals surface area contributed by atoms with Gasteiger partial charge in [0.05, 0.1) is 24.0 Å². The van der Waals surface area contributed by atoms with Crippen molar-refractivity contribution in [3.8, 4) is 0 Å². The SMILES string of the molecule is O=C(O)C1CCN(C(=O)c2ccc(S(=O)(=O)N3CCOCC3)cc2)CC1. The standard InChI is InChI=1S/C17H22N2O6S/c20-16(18-7-5-14(6-8-18)17(21)22)13-1-3-15(4-2-13)26(23,24)19-9-11-25-12-10-19/h1-4,14H,5-12H2,(H,21,22). The van der Waals surface area contributed by atoms with Gasteiger partial charge in [-0.1, -0.05) is 0 Å². The van der Waals surface area contributed by atoms with Gasteiger partial charge in [-0.15, -0.1) is 0 Å². The van der Waals surface area contributed by atoms with E-state index < -0.39 is 21.9 Å². The molecule has 0 saturated carbocycles. The fourth-order valence-electron chi connectivity index (χ4n) is 3.22. The third-order valence-electron chi connectivity index (χ3n) is 4.84. The third-order valence-corrected chi connectivity index (χ3v) is 6.75. The Bertz CT molecular complexity index is 763. The topological polar surface area (TPSA) is 104 Å². The lowest BCUT2D eigenvalue weighted by molar-refractivity contribution is -0.143. The zero-order valence-corrected chi connectivity index (χ0v) is 15.2. The third kappa shape index (κ3) is 3.89. The Balaban J connectivity index is 1.67. The van der Waals surface area contributed by atoms with Crippen LogP contribution in [0.5, 0.6) is 0 Å². The van der Waals surface area contributed by atoms with Crippen LogP contribution in [0.25, 0.3) is 0 Å². The van der Waals surface area contributed by atoms with Crippen LogP contribution in [0.3, 0.4) is 0 Å². The maximum atomic E-state index is 12.6. The van der Waals surface area contributed by atoms with E-state index in [0.717, 1.165) is 0 Å². The molecule has 2 fully saturated rings. The number of likely N-dealkylation sites (tertiary alicyclic amines) is 1. The number of hydrogen-bond donors (Lipinski definition) is 1. The molecular formula is C17H22N2O6S. The maximum absolute atomic E-state index is 12.6. The number of amides is 1. The second-order valence-corrected chi connectivity index (χ2v) is 8.38. The second kappa shape index (κ2) is 7.73. The predicted octanol–water partition coefficient (Wildman–Crippen LogP) is 0.644. The van der Waals surface area contributed by atoms with Crippen LogP contribution in [-0.2, 0) is 19.6 Å². The van der Waals surface area contributed by atoms with E-state index in [4.69, 9.17) is 9.84 Å². The molecule has 1 N–H and O–H groups in total. The molecule has 2 aliphatic rings. The van der Waals surface area contributed by atoms with Gasteiger partial charge in [-0.05, 0) is 37.1 Å². The van der Waals surface area contributed by atoms with Crippen molar-refractivity contribution >= 4 is 21.9 Å². The molecule has 8 nitrogen and oxygen atoms in total. The number of carboxylic acid groups (broad SMARTS) is 1. The maximum Gasteiger partial charge on any atom is 0.306 e. The smallest absolute Gasteiger partial charge is 0.306 e. The molecule has 142 valence electrons. The summed E-state index contributed by atoms with van der Waals surface area (Å²) in [5.74, 6) is -1.43. The number of carbonyl (C=O) groups is 2. The predicted molar refractivity (Wildman–Crippen MR) is 92.3 cm³/mol. The van der Waals surface area contributed by atoms with E-state index >= 15 is 0 Å². The summed E-state index contributed by atoms with van der Waals surface area (Å²) in [7, 11) is -3.58. The van der Waals surface area contributed by atoms with Crippen molar-refractivity contribution in [2.45, 2.75) is 17.7 Å². The number of sulfonamides is 1. The van der Waals surface area contributed by atoms with Gasteiger partial charge in [0.1, 0.15) is 0 Å². The first kappa shape index (κ1) is 18.8. The number of rotatable bonds is 4. The first-order valence-electron chi connectivity index (χ1n) is 8.59.